The van der Waals surface area contributed by atoms with Gasteiger partial charge in [-0.25, -0.2) is 18.7 Å². The van der Waals surface area contributed by atoms with Crippen LogP contribution in [-0.4, -0.2) is 54.3 Å². The number of aryl methyl sites for hydroxylation is 1. The number of halogens is 2. The molecule has 2 atom stereocenters. The van der Waals surface area contributed by atoms with Crippen LogP contribution in [0.15, 0.2) is 67.1 Å². The Hall–Kier alpha value is -5.72. The maximum Gasteiger partial charge on any atom is 0.320 e. The Morgan fingerprint density at radius 3 is 2.64 bits per heavy atom. The van der Waals surface area contributed by atoms with Gasteiger partial charge in [0.2, 0.25) is 0 Å². The topological polar surface area (TPSA) is 118 Å². The standard InChI is InChI=1S/C38H34F2N6O4/c1-2-45-23-42-19-27(45)20-46-34-17-26(30-7-8-31(30)38(47)48)16-33(40)37(34)43-36(46)21-44-12-10-28(11-13-44)50-29-5-3-4-25(14-29)22-49-35-9-6-24(18-41)15-32(35)39/h3-6,9,14-17,19,23,28,30-31H,2,10-13,20-22H2,1H3,(H,47,48). The maximum atomic E-state index is 15.6. The van der Waals surface area contributed by atoms with E-state index in [1.807, 2.05) is 52.5 Å². The van der Waals surface area contributed by atoms with E-state index in [-0.39, 0.29) is 29.5 Å². The number of likely N-dealkylation sites (tertiary alicyclic amines) is 1. The zero-order valence-corrected chi connectivity index (χ0v) is 27.4. The predicted molar refractivity (Wildman–Crippen MR) is 179 cm³/mol. The fraction of sp³-hybridized carbons (Fsp3) is 0.316. The highest BCUT2D eigenvalue weighted by Gasteiger charge is 2.33. The number of carboxylic acid groups (broad SMARTS) is 1. The van der Waals surface area contributed by atoms with E-state index in [9.17, 15) is 14.3 Å². The lowest BCUT2D eigenvalue weighted by Gasteiger charge is -2.32. The Labute approximate surface area is 287 Å². The molecule has 1 N–H and O–H groups in total. The quantitative estimate of drug-likeness (QED) is 0.163. The average Bonchev–Trinajstić information content (AvgIpc) is 3.69. The van der Waals surface area contributed by atoms with Crippen molar-refractivity contribution in [3.8, 4) is 29.4 Å². The first-order chi connectivity index (χ1) is 24.3. The first-order valence-corrected chi connectivity index (χ1v) is 16.5. The van der Waals surface area contributed by atoms with E-state index in [0.29, 0.717) is 35.7 Å². The third-order valence-corrected chi connectivity index (χ3v) is 9.28. The fourth-order valence-electron chi connectivity index (χ4n) is 6.52. The van der Waals surface area contributed by atoms with Crippen molar-refractivity contribution in [2.45, 2.75) is 58.0 Å². The fourth-order valence-corrected chi connectivity index (χ4v) is 6.52. The van der Waals surface area contributed by atoms with Crippen LogP contribution in [0.2, 0.25) is 0 Å². The minimum absolute atomic E-state index is 0.0121. The van der Waals surface area contributed by atoms with Crippen molar-refractivity contribution in [2.24, 2.45) is 5.92 Å². The Kier molecular flexibility index (Phi) is 9.20. The van der Waals surface area contributed by atoms with Gasteiger partial charge in [-0.3, -0.25) is 9.69 Å². The second-order valence-corrected chi connectivity index (χ2v) is 12.5. The molecule has 2 aromatic heterocycles. The summed E-state index contributed by atoms with van der Waals surface area (Å²) in [6, 6.07) is 16.7. The average molecular weight is 677 g/mol. The Bertz CT molecular complexity index is 2170. The van der Waals surface area contributed by atoms with E-state index < -0.39 is 29.4 Å². The Morgan fingerprint density at radius 1 is 1.08 bits per heavy atom. The number of nitriles is 1. The summed E-state index contributed by atoms with van der Waals surface area (Å²) in [5.74, 6) is 3.53. The van der Waals surface area contributed by atoms with Crippen LogP contribution in [0.25, 0.3) is 11.0 Å². The Balaban J connectivity index is 1.03. The number of ether oxygens (including phenoxy) is 2. The number of piperidine rings is 1. The molecule has 0 spiro atoms. The first kappa shape index (κ1) is 32.8. The molecular weight excluding hydrogens is 642 g/mol. The molecule has 2 unspecified atom stereocenters. The molecule has 50 heavy (non-hydrogen) atoms. The monoisotopic (exact) mass is 676 g/mol. The van der Waals surface area contributed by atoms with Gasteiger partial charge in [-0.2, -0.15) is 5.26 Å². The van der Waals surface area contributed by atoms with Gasteiger partial charge < -0.3 is 23.7 Å². The van der Waals surface area contributed by atoms with Gasteiger partial charge in [-0.1, -0.05) is 24.0 Å². The van der Waals surface area contributed by atoms with Crippen LogP contribution in [0.5, 0.6) is 11.5 Å². The number of imidazole rings is 2. The largest absolute Gasteiger partial charge is 0.490 e. The third-order valence-electron chi connectivity index (χ3n) is 9.28. The van der Waals surface area contributed by atoms with Gasteiger partial charge in [-0.05, 0) is 73.4 Å². The molecule has 0 amide bonds. The molecular formula is C38H34F2N6O4. The number of carbonyl (C=O) groups is 1. The zero-order valence-electron chi connectivity index (χ0n) is 27.4. The van der Waals surface area contributed by atoms with E-state index in [1.165, 1.54) is 18.2 Å². The highest BCUT2D eigenvalue weighted by Crippen LogP contribution is 2.34. The van der Waals surface area contributed by atoms with Crippen molar-refractivity contribution in [3.63, 3.8) is 0 Å². The highest BCUT2D eigenvalue weighted by molar-refractivity contribution is 5.81. The van der Waals surface area contributed by atoms with Crippen LogP contribution < -0.4 is 9.47 Å². The lowest BCUT2D eigenvalue weighted by atomic mass is 9.80. The molecule has 3 heterocycles. The van der Waals surface area contributed by atoms with Crippen molar-refractivity contribution in [1.82, 2.24) is 24.0 Å². The Morgan fingerprint density at radius 2 is 1.92 bits per heavy atom. The van der Waals surface area contributed by atoms with Crippen LogP contribution in [0.1, 0.15) is 53.9 Å². The van der Waals surface area contributed by atoms with Gasteiger partial charge in [0.1, 0.15) is 35.7 Å². The molecule has 7 rings (SSSR count). The number of fused-ring (bicyclic) bond motifs is 1. The molecule has 1 aliphatic carbocycles. The van der Waals surface area contributed by atoms with Crippen molar-refractivity contribution >= 4 is 17.0 Å². The van der Waals surface area contributed by atoms with E-state index >= 15 is 4.39 Å². The molecule has 12 heteroatoms. The van der Waals surface area contributed by atoms with Crippen molar-refractivity contribution < 1.29 is 28.2 Å². The lowest BCUT2D eigenvalue weighted by Crippen LogP contribution is -2.38. The van der Waals surface area contributed by atoms with Crippen LogP contribution in [0.4, 0.5) is 8.78 Å². The molecule has 2 aliphatic rings. The summed E-state index contributed by atoms with van der Waals surface area (Å²) in [7, 11) is 0. The summed E-state index contributed by atoms with van der Waals surface area (Å²) in [6.45, 7) is 5.32. The first-order valence-electron chi connectivity index (χ1n) is 16.5. The van der Waals surface area contributed by atoms with Crippen LogP contribution in [0, 0.1) is 40.7 Å². The maximum absolute atomic E-state index is 15.6. The molecule has 3 aromatic carbocycles. The highest BCUT2D eigenvalue weighted by atomic mass is 19.1. The normalized spacial score (nSPS) is 17.5. The van der Waals surface area contributed by atoms with Crippen molar-refractivity contribution in [3.05, 3.63) is 107 Å². The molecule has 10 nitrogen and oxygen atoms in total. The van der Waals surface area contributed by atoms with Crippen LogP contribution in [0.3, 0.4) is 0 Å². The second kappa shape index (κ2) is 14.0. The number of nitrogens with zero attached hydrogens (tertiary/aromatic N) is 6. The molecule has 254 valence electrons. The summed E-state index contributed by atoms with van der Waals surface area (Å²) in [6.07, 6.45) is 5.10. The number of benzene rings is 3. The summed E-state index contributed by atoms with van der Waals surface area (Å²) >= 11 is 0. The predicted octanol–water partition coefficient (Wildman–Crippen LogP) is 5.87. The summed E-state index contributed by atoms with van der Waals surface area (Å²) in [5.41, 5.74) is 3.38. The molecule has 1 saturated heterocycles. The van der Waals surface area contributed by atoms with Gasteiger partial charge in [0.15, 0.2) is 17.4 Å². The smallest absolute Gasteiger partial charge is 0.320 e. The number of aliphatic carboxylic acids is 1. The van der Waals surface area contributed by atoms with E-state index in [4.69, 9.17) is 19.7 Å². The lowest BCUT2D eigenvalue weighted by molar-refractivity contribution is -0.140. The van der Waals surface area contributed by atoms with E-state index in [1.54, 1.807) is 12.5 Å². The molecule has 1 fully saturated rings. The molecule has 0 saturated carbocycles. The number of hydrogen-bond donors (Lipinski definition) is 1. The minimum Gasteiger partial charge on any atom is -0.490 e. The number of aromatic nitrogens is 4. The minimum atomic E-state index is -1.01. The molecule has 5 aromatic rings. The number of rotatable bonds is 12. The van der Waals surface area contributed by atoms with Crippen molar-refractivity contribution in [1.29, 1.82) is 5.26 Å². The van der Waals surface area contributed by atoms with Gasteiger partial charge in [-0.15, -0.1) is 0 Å². The van der Waals surface area contributed by atoms with Gasteiger partial charge >= 0.3 is 5.97 Å². The second-order valence-electron chi connectivity index (χ2n) is 12.5. The van der Waals surface area contributed by atoms with Gasteiger partial charge in [0.25, 0.3) is 0 Å². The summed E-state index contributed by atoms with van der Waals surface area (Å²) < 4.78 is 45.9. The van der Waals surface area contributed by atoms with E-state index in [0.717, 1.165) is 49.8 Å². The van der Waals surface area contributed by atoms with Crippen LogP contribution in [-0.2, 0) is 31.0 Å². The molecule has 0 radical (unpaired) electrons. The third kappa shape index (κ3) is 6.75. The summed E-state index contributed by atoms with van der Waals surface area (Å²) in [5, 5.41) is 18.5. The van der Waals surface area contributed by atoms with E-state index in [2.05, 4.69) is 21.7 Å². The summed E-state index contributed by atoms with van der Waals surface area (Å²) in [4.78, 5) is 23.0. The number of carboxylic acids is 1. The molecule has 1 aliphatic heterocycles. The van der Waals surface area contributed by atoms with Crippen molar-refractivity contribution in [2.75, 3.05) is 13.1 Å². The van der Waals surface area contributed by atoms with Gasteiger partial charge in [0, 0.05) is 25.8 Å². The zero-order chi connectivity index (χ0) is 34.8. The SMILES string of the molecule is CCn1cncc1Cn1c(CN2CCC(Oc3cccc(COc4ccc(C#N)cc4F)c3)CC2)nc2c(F)cc(C3C#CC3C(=O)O)cc21. The van der Waals surface area contributed by atoms with Crippen LogP contribution >= 0.6 is 0 Å². The molecule has 0 bridgehead atoms. The van der Waals surface area contributed by atoms with Gasteiger partial charge in [0.05, 0.1) is 48.2 Å². The number of hydrogen-bond acceptors (Lipinski definition) is 7.